The summed E-state index contributed by atoms with van der Waals surface area (Å²) in [5.41, 5.74) is 0.402. The zero-order chi connectivity index (χ0) is 17.0. The van der Waals surface area contributed by atoms with Gasteiger partial charge in [0, 0.05) is 18.7 Å². The lowest BCUT2D eigenvalue weighted by atomic mass is 10.1. The summed E-state index contributed by atoms with van der Waals surface area (Å²) in [6.07, 6.45) is 0.169. The van der Waals surface area contributed by atoms with Gasteiger partial charge in [-0.05, 0) is 39.0 Å². The number of Topliss-reactive ketones (excluding diaryl/α,β-unsaturated/α-hetero) is 1. The minimum absolute atomic E-state index is 0.0152. The molecule has 0 aliphatic carbocycles. The van der Waals surface area contributed by atoms with Crippen molar-refractivity contribution in [3.63, 3.8) is 0 Å². The number of hydrogen-bond donors (Lipinski definition) is 1. The number of nitrogens with zero attached hydrogens (tertiary/aromatic N) is 1. The molecule has 1 fully saturated rings. The van der Waals surface area contributed by atoms with Crippen LogP contribution >= 0.6 is 0 Å². The standard InChI is InChI=1S/C17H23NO5/c1-4-22-16-6-5-13(7-14(16)17(20)21)15(19)10-18-8-11(2)23-12(3)9-18/h5-7,11-12H,4,8-10H2,1-3H3,(H,20,21). The van der Waals surface area contributed by atoms with Crippen LogP contribution in [0.25, 0.3) is 0 Å². The molecule has 2 unspecified atom stereocenters. The zero-order valence-electron chi connectivity index (χ0n) is 13.7. The number of morpholine rings is 1. The number of hydrogen-bond acceptors (Lipinski definition) is 5. The van der Waals surface area contributed by atoms with Crippen LogP contribution in [0.3, 0.4) is 0 Å². The van der Waals surface area contributed by atoms with Crippen LogP contribution in [0.5, 0.6) is 5.75 Å². The van der Waals surface area contributed by atoms with Gasteiger partial charge >= 0.3 is 5.97 Å². The van der Waals surface area contributed by atoms with Crippen molar-refractivity contribution in [1.82, 2.24) is 4.90 Å². The molecule has 0 bridgehead atoms. The zero-order valence-corrected chi connectivity index (χ0v) is 13.7. The molecule has 0 aromatic heterocycles. The smallest absolute Gasteiger partial charge is 0.339 e. The van der Waals surface area contributed by atoms with Crippen LogP contribution in [-0.2, 0) is 4.74 Å². The minimum Gasteiger partial charge on any atom is -0.493 e. The summed E-state index contributed by atoms with van der Waals surface area (Å²) in [5, 5.41) is 9.27. The van der Waals surface area contributed by atoms with E-state index in [1.165, 1.54) is 6.07 Å². The number of benzene rings is 1. The molecule has 1 aromatic carbocycles. The van der Waals surface area contributed by atoms with E-state index in [1.54, 1.807) is 19.1 Å². The van der Waals surface area contributed by atoms with Gasteiger partial charge in [0.15, 0.2) is 5.78 Å². The molecule has 23 heavy (non-hydrogen) atoms. The number of carbonyl (C=O) groups excluding carboxylic acids is 1. The van der Waals surface area contributed by atoms with Crippen molar-refractivity contribution in [3.05, 3.63) is 29.3 Å². The van der Waals surface area contributed by atoms with Gasteiger partial charge < -0.3 is 14.6 Å². The molecule has 2 atom stereocenters. The third-order valence-corrected chi connectivity index (χ3v) is 3.69. The number of ketones is 1. The summed E-state index contributed by atoms with van der Waals surface area (Å²) < 4.78 is 10.9. The Hall–Kier alpha value is -1.92. The fraction of sp³-hybridized carbons (Fsp3) is 0.529. The second-order valence-corrected chi connectivity index (χ2v) is 5.82. The molecule has 0 saturated carbocycles. The van der Waals surface area contributed by atoms with Crippen LogP contribution in [0, 0.1) is 0 Å². The molecule has 1 saturated heterocycles. The van der Waals surface area contributed by atoms with E-state index in [-0.39, 0.29) is 35.8 Å². The van der Waals surface area contributed by atoms with Gasteiger partial charge in [0.1, 0.15) is 11.3 Å². The van der Waals surface area contributed by atoms with Crippen LogP contribution in [0.4, 0.5) is 0 Å². The quantitative estimate of drug-likeness (QED) is 0.809. The lowest BCUT2D eigenvalue weighted by Crippen LogP contribution is -2.47. The van der Waals surface area contributed by atoms with Crippen molar-refractivity contribution in [3.8, 4) is 5.75 Å². The SMILES string of the molecule is CCOc1ccc(C(=O)CN2CC(C)OC(C)C2)cc1C(=O)O. The molecule has 0 radical (unpaired) electrons. The second-order valence-electron chi connectivity index (χ2n) is 5.82. The average Bonchev–Trinajstić information content (AvgIpc) is 2.46. The molecule has 6 heteroatoms. The number of carboxylic acids is 1. The molecule has 6 nitrogen and oxygen atoms in total. The normalized spacial score (nSPS) is 21.9. The van der Waals surface area contributed by atoms with E-state index in [0.717, 1.165) is 0 Å². The monoisotopic (exact) mass is 321 g/mol. The van der Waals surface area contributed by atoms with Crippen molar-refractivity contribution in [2.24, 2.45) is 0 Å². The van der Waals surface area contributed by atoms with Crippen molar-refractivity contribution in [2.75, 3.05) is 26.2 Å². The Morgan fingerprint density at radius 1 is 1.30 bits per heavy atom. The molecule has 1 N–H and O–H groups in total. The largest absolute Gasteiger partial charge is 0.493 e. The van der Waals surface area contributed by atoms with Gasteiger partial charge in [0.05, 0.1) is 25.4 Å². The van der Waals surface area contributed by atoms with E-state index in [1.807, 2.05) is 18.7 Å². The first-order chi connectivity index (χ1) is 10.9. The number of aromatic carboxylic acids is 1. The highest BCUT2D eigenvalue weighted by molar-refractivity contribution is 6.01. The van der Waals surface area contributed by atoms with Gasteiger partial charge in [-0.25, -0.2) is 4.79 Å². The lowest BCUT2D eigenvalue weighted by molar-refractivity contribution is -0.0652. The predicted octanol–water partition coefficient (Wildman–Crippen LogP) is 2.08. The first-order valence-electron chi connectivity index (χ1n) is 7.81. The highest BCUT2D eigenvalue weighted by Crippen LogP contribution is 2.21. The lowest BCUT2D eigenvalue weighted by Gasteiger charge is -2.34. The number of carbonyl (C=O) groups is 2. The van der Waals surface area contributed by atoms with E-state index in [2.05, 4.69) is 0 Å². The van der Waals surface area contributed by atoms with Crippen molar-refractivity contribution < 1.29 is 24.2 Å². The van der Waals surface area contributed by atoms with Crippen LogP contribution in [-0.4, -0.2) is 60.2 Å². The molecular weight excluding hydrogens is 298 g/mol. The molecule has 1 aliphatic heterocycles. The summed E-state index contributed by atoms with van der Waals surface area (Å²) in [7, 11) is 0. The molecule has 126 valence electrons. The Morgan fingerprint density at radius 3 is 2.52 bits per heavy atom. The fourth-order valence-corrected chi connectivity index (χ4v) is 2.86. The highest BCUT2D eigenvalue weighted by atomic mass is 16.5. The Kier molecular flexibility index (Phi) is 5.74. The van der Waals surface area contributed by atoms with Crippen LogP contribution < -0.4 is 4.74 Å². The van der Waals surface area contributed by atoms with Gasteiger partial charge in [0.2, 0.25) is 0 Å². The first kappa shape index (κ1) is 17.4. The first-order valence-corrected chi connectivity index (χ1v) is 7.81. The maximum absolute atomic E-state index is 12.5. The second kappa shape index (κ2) is 7.57. The van der Waals surface area contributed by atoms with E-state index in [4.69, 9.17) is 9.47 Å². The summed E-state index contributed by atoms with van der Waals surface area (Å²) in [5.74, 6) is -0.918. The fourth-order valence-electron chi connectivity index (χ4n) is 2.86. The topological polar surface area (TPSA) is 76.1 Å². The van der Waals surface area contributed by atoms with Crippen molar-refractivity contribution >= 4 is 11.8 Å². The van der Waals surface area contributed by atoms with Gasteiger partial charge in [-0.2, -0.15) is 0 Å². The molecule has 0 spiro atoms. The molecule has 1 aliphatic rings. The van der Waals surface area contributed by atoms with Gasteiger partial charge in [-0.15, -0.1) is 0 Å². The third-order valence-electron chi connectivity index (χ3n) is 3.69. The van der Waals surface area contributed by atoms with Gasteiger partial charge in [-0.1, -0.05) is 0 Å². The molecular formula is C17H23NO5. The third kappa shape index (κ3) is 4.53. The molecule has 1 aromatic rings. The van der Waals surface area contributed by atoms with Gasteiger partial charge in [0.25, 0.3) is 0 Å². The number of carboxylic acid groups (broad SMARTS) is 1. The van der Waals surface area contributed by atoms with Crippen molar-refractivity contribution in [1.29, 1.82) is 0 Å². The Labute approximate surface area is 136 Å². The molecule has 2 rings (SSSR count). The Bertz CT molecular complexity index is 576. The van der Waals surface area contributed by atoms with E-state index in [0.29, 0.717) is 25.3 Å². The van der Waals surface area contributed by atoms with Crippen LogP contribution in [0.15, 0.2) is 18.2 Å². The summed E-state index contributed by atoms with van der Waals surface area (Å²) in [6, 6.07) is 4.56. The Morgan fingerprint density at radius 2 is 1.96 bits per heavy atom. The highest BCUT2D eigenvalue weighted by Gasteiger charge is 2.24. The summed E-state index contributed by atoms with van der Waals surface area (Å²) in [6.45, 7) is 7.75. The van der Waals surface area contributed by atoms with E-state index in [9.17, 15) is 14.7 Å². The Balaban J connectivity index is 2.13. The maximum Gasteiger partial charge on any atom is 0.339 e. The molecule has 1 heterocycles. The molecule has 0 amide bonds. The summed E-state index contributed by atoms with van der Waals surface area (Å²) >= 11 is 0. The van der Waals surface area contributed by atoms with Crippen LogP contribution in [0.2, 0.25) is 0 Å². The number of ether oxygens (including phenoxy) is 2. The van der Waals surface area contributed by atoms with E-state index < -0.39 is 5.97 Å². The minimum atomic E-state index is -1.10. The average molecular weight is 321 g/mol. The van der Waals surface area contributed by atoms with Gasteiger partial charge in [-0.3, -0.25) is 9.69 Å². The summed E-state index contributed by atoms with van der Waals surface area (Å²) in [4.78, 5) is 25.8. The maximum atomic E-state index is 12.5. The number of rotatable bonds is 6. The van der Waals surface area contributed by atoms with Crippen LogP contribution in [0.1, 0.15) is 41.5 Å². The van der Waals surface area contributed by atoms with Crippen molar-refractivity contribution in [2.45, 2.75) is 33.0 Å². The predicted molar refractivity (Wildman–Crippen MR) is 85.3 cm³/mol. The van der Waals surface area contributed by atoms with E-state index >= 15 is 0 Å².